The van der Waals surface area contributed by atoms with Crippen LogP contribution in [-0.4, -0.2) is 29.8 Å². The molecular weight excluding hydrogens is 224 g/mol. The molecule has 18 heavy (non-hydrogen) atoms. The molecule has 2 unspecified atom stereocenters. The minimum atomic E-state index is 0.173. The fraction of sp³-hybridized carbons (Fsp3) is 0.467. The third kappa shape index (κ3) is 2.04. The van der Waals surface area contributed by atoms with Crippen LogP contribution in [0.2, 0.25) is 0 Å². The predicted octanol–water partition coefficient (Wildman–Crippen LogP) is 2.23. The summed E-state index contributed by atoms with van der Waals surface area (Å²) < 4.78 is 0. The Morgan fingerprint density at radius 2 is 2.11 bits per heavy atom. The van der Waals surface area contributed by atoms with Crippen LogP contribution in [0.4, 0.5) is 0 Å². The van der Waals surface area contributed by atoms with Gasteiger partial charge in [0.25, 0.3) is 0 Å². The van der Waals surface area contributed by atoms with E-state index in [2.05, 4.69) is 11.0 Å². The quantitative estimate of drug-likeness (QED) is 0.761. The van der Waals surface area contributed by atoms with E-state index in [1.807, 2.05) is 0 Å². The molecule has 1 aromatic carbocycles. The summed E-state index contributed by atoms with van der Waals surface area (Å²) in [7, 11) is 0. The van der Waals surface area contributed by atoms with E-state index in [0.717, 1.165) is 18.0 Å². The summed E-state index contributed by atoms with van der Waals surface area (Å²) in [6, 6.07) is 9.64. The summed E-state index contributed by atoms with van der Waals surface area (Å²) in [5, 5.41) is 8.73. The Balaban J connectivity index is 1.66. The molecule has 2 aliphatic rings. The molecular formula is C15H16N2O. The van der Waals surface area contributed by atoms with Crippen LogP contribution in [0.3, 0.4) is 0 Å². The van der Waals surface area contributed by atoms with E-state index in [1.54, 1.807) is 24.3 Å². The van der Waals surface area contributed by atoms with Crippen LogP contribution < -0.4 is 0 Å². The van der Waals surface area contributed by atoms with Gasteiger partial charge in [-0.25, -0.2) is 0 Å². The van der Waals surface area contributed by atoms with Gasteiger partial charge in [-0.15, -0.1) is 0 Å². The first kappa shape index (κ1) is 11.4. The molecule has 1 aliphatic heterocycles. The molecule has 0 N–H and O–H groups in total. The first-order chi connectivity index (χ1) is 8.76. The molecule has 92 valence electrons. The number of ketones is 1. The number of rotatable bonds is 3. The molecule has 1 heterocycles. The van der Waals surface area contributed by atoms with Crippen molar-refractivity contribution in [2.75, 3.05) is 13.1 Å². The maximum Gasteiger partial charge on any atom is 0.176 e. The Hall–Kier alpha value is -1.66. The molecule has 3 heteroatoms. The molecule has 2 bridgehead atoms. The predicted molar refractivity (Wildman–Crippen MR) is 68.2 cm³/mol. The van der Waals surface area contributed by atoms with Gasteiger partial charge in [-0.1, -0.05) is 12.1 Å². The summed E-state index contributed by atoms with van der Waals surface area (Å²) >= 11 is 0. The Kier molecular flexibility index (Phi) is 2.89. The molecule has 1 aliphatic carbocycles. The van der Waals surface area contributed by atoms with Gasteiger partial charge in [-0.05, 0) is 37.3 Å². The fourth-order valence-electron chi connectivity index (χ4n) is 3.23. The van der Waals surface area contributed by atoms with Crippen molar-refractivity contribution in [3.05, 3.63) is 35.4 Å². The Labute approximate surface area is 107 Å². The third-order valence-electron chi connectivity index (χ3n) is 4.21. The maximum absolute atomic E-state index is 12.2. The van der Waals surface area contributed by atoms with Gasteiger partial charge in [0.15, 0.2) is 5.78 Å². The molecule has 0 radical (unpaired) electrons. The van der Waals surface area contributed by atoms with Crippen molar-refractivity contribution in [1.29, 1.82) is 5.26 Å². The van der Waals surface area contributed by atoms with Gasteiger partial charge in [-0.2, -0.15) is 5.26 Å². The number of fused-ring (bicyclic) bond motifs is 2. The molecule has 1 saturated carbocycles. The van der Waals surface area contributed by atoms with E-state index in [0.29, 0.717) is 18.2 Å². The van der Waals surface area contributed by atoms with E-state index >= 15 is 0 Å². The number of piperidine rings is 1. The monoisotopic (exact) mass is 240 g/mol. The van der Waals surface area contributed by atoms with Gasteiger partial charge in [0, 0.05) is 18.2 Å². The van der Waals surface area contributed by atoms with Gasteiger partial charge in [0.1, 0.15) is 0 Å². The van der Waals surface area contributed by atoms with E-state index in [1.165, 1.54) is 19.3 Å². The molecule has 0 aromatic heterocycles. The highest BCUT2D eigenvalue weighted by molar-refractivity contribution is 5.97. The molecule has 2 fully saturated rings. The minimum Gasteiger partial charge on any atom is -0.293 e. The zero-order valence-electron chi connectivity index (χ0n) is 10.3. The lowest BCUT2D eigenvalue weighted by Gasteiger charge is -2.25. The number of likely N-dealkylation sites (tertiary alicyclic amines) is 1. The lowest BCUT2D eigenvalue weighted by Crippen LogP contribution is -2.36. The van der Waals surface area contributed by atoms with Crippen LogP contribution in [0.25, 0.3) is 0 Å². The highest BCUT2D eigenvalue weighted by atomic mass is 16.1. The standard InChI is InChI=1S/C15H16N2O/c16-8-11-1-4-13(5-2-11)15(18)10-17-9-12-3-6-14(17)7-12/h1-2,4-5,12,14H,3,6-7,9-10H2. The number of hydrogen-bond donors (Lipinski definition) is 0. The second-order valence-electron chi connectivity index (χ2n) is 5.37. The number of carbonyl (C=O) groups is 1. The van der Waals surface area contributed by atoms with Crippen molar-refractivity contribution in [3.8, 4) is 6.07 Å². The minimum absolute atomic E-state index is 0.173. The van der Waals surface area contributed by atoms with Crippen LogP contribution in [0.1, 0.15) is 35.2 Å². The van der Waals surface area contributed by atoms with Gasteiger partial charge in [0.05, 0.1) is 18.2 Å². The Morgan fingerprint density at radius 3 is 2.67 bits per heavy atom. The van der Waals surface area contributed by atoms with E-state index < -0.39 is 0 Å². The number of nitriles is 1. The summed E-state index contributed by atoms with van der Waals surface area (Å²) in [5.74, 6) is 0.996. The van der Waals surface area contributed by atoms with Crippen molar-refractivity contribution < 1.29 is 4.79 Å². The lowest BCUT2D eigenvalue weighted by atomic mass is 10.1. The van der Waals surface area contributed by atoms with Crippen molar-refractivity contribution in [3.63, 3.8) is 0 Å². The van der Waals surface area contributed by atoms with Crippen molar-refractivity contribution in [2.45, 2.75) is 25.3 Å². The summed E-state index contributed by atoms with van der Waals surface area (Å²) in [4.78, 5) is 14.5. The second kappa shape index (κ2) is 4.55. The first-order valence-electron chi connectivity index (χ1n) is 6.53. The van der Waals surface area contributed by atoms with Gasteiger partial charge < -0.3 is 0 Å². The Bertz CT molecular complexity index is 500. The summed E-state index contributed by atoms with van der Waals surface area (Å²) in [6.07, 6.45) is 3.87. The van der Waals surface area contributed by atoms with Gasteiger partial charge in [0.2, 0.25) is 0 Å². The number of nitrogens with zero attached hydrogens (tertiary/aromatic N) is 2. The maximum atomic E-state index is 12.2. The highest BCUT2D eigenvalue weighted by Gasteiger charge is 2.38. The van der Waals surface area contributed by atoms with Crippen LogP contribution in [0, 0.1) is 17.2 Å². The number of benzene rings is 1. The molecule has 1 aromatic rings. The molecule has 0 spiro atoms. The van der Waals surface area contributed by atoms with Crippen molar-refractivity contribution in [1.82, 2.24) is 4.90 Å². The van der Waals surface area contributed by atoms with Gasteiger partial charge in [-0.3, -0.25) is 9.69 Å². The van der Waals surface area contributed by atoms with Crippen molar-refractivity contribution >= 4 is 5.78 Å². The normalized spacial score (nSPS) is 26.2. The van der Waals surface area contributed by atoms with Crippen LogP contribution in [0.15, 0.2) is 24.3 Å². The van der Waals surface area contributed by atoms with Crippen LogP contribution in [-0.2, 0) is 0 Å². The molecule has 3 rings (SSSR count). The fourth-order valence-corrected chi connectivity index (χ4v) is 3.23. The summed E-state index contributed by atoms with van der Waals surface area (Å²) in [5.41, 5.74) is 1.32. The van der Waals surface area contributed by atoms with E-state index in [4.69, 9.17) is 5.26 Å². The smallest absolute Gasteiger partial charge is 0.176 e. The zero-order valence-corrected chi connectivity index (χ0v) is 10.3. The largest absolute Gasteiger partial charge is 0.293 e. The Morgan fingerprint density at radius 1 is 1.33 bits per heavy atom. The molecule has 3 nitrogen and oxygen atoms in total. The van der Waals surface area contributed by atoms with E-state index in [9.17, 15) is 4.79 Å². The number of carbonyl (C=O) groups excluding carboxylic acids is 1. The molecule has 2 atom stereocenters. The van der Waals surface area contributed by atoms with E-state index in [-0.39, 0.29) is 5.78 Å². The second-order valence-corrected chi connectivity index (χ2v) is 5.37. The average Bonchev–Trinajstić information content (AvgIpc) is 3.01. The number of hydrogen-bond acceptors (Lipinski definition) is 3. The topological polar surface area (TPSA) is 44.1 Å². The third-order valence-corrected chi connectivity index (χ3v) is 4.21. The summed E-state index contributed by atoms with van der Waals surface area (Å²) in [6.45, 7) is 1.62. The van der Waals surface area contributed by atoms with Crippen molar-refractivity contribution in [2.24, 2.45) is 5.92 Å². The molecule has 0 amide bonds. The number of Topliss-reactive ketones (excluding diaryl/α,β-unsaturated/α-hetero) is 1. The SMILES string of the molecule is N#Cc1ccc(C(=O)CN2CC3CCC2C3)cc1. The van der Waals surface area contributed by atoms with Crippen LogP contribution in [0.5, 0.6) is 0 Å². The lowest BCUT2D eigenvalue weighted by molar-refractivity contribution is 0.0905. The zero-order chi connectivity index (χ0) is 12.5. The highest BCUT2D eigenvalue weighted by Crippen LogP contribution is 2.37. The molecule has 1 saturated heterocycles. The van der Waals surface area contributed by atoms with Crippen LogP contribution >= 0.6 is 0 Å². The first-order valence-corrected chi connectivity index (χ1v) is 6.53. The average molecular weight is 240 g/mol. The van der Waals surface area contributed by atoms with Gasteiger partial charge >= 0.3 is 0 Å².